The number of thiazole rings is 1. The van der Waals surface area contributed by atoms with Crippen LogP contribution in [0.5, 0.6) is 0 Å². The van der Waals surface area contributed by atoms with Crippen molar-refractivity contribution in [3.63, 3.8) is 0 Å². The van der Waals surface area contributed by atoms with Crippen molar-refractivity contribution in [3.05, 3.63) is 15.6 Å². The van der Waals surface area contributed by atoms with E-state index in [-0.39, 0.29) is 6.10 Å². The summed E-state index contributed by atoms with van der Waals surface area (Å²) in [5, 5.41) is 14.5. The first-order valence-corrected chi connectivity index (χ1v) is 8.46. The molecule has 2 N–H and O–H groups in total. The van der Waals surface area contributed by atoms with Gasteiger partial charge in [0, 0.05) is 10.9 Å². The van der Waals surface area contributed by atoms with Crippen molar-refractivity contribution in [2.75, 3.05) is 0 Å². The van der Waals surface area contributed by atoms with Crippen LogP contribution in [0.4, 0.5) is 0 Å². The van der Waals surface area contributed by atoms with Crippen molar-refractivity contribution in [2.45, 2.75) is 76.5 Å². The SMILES string of the molecule is CC(NC1CCC(O)CC1)c1nc2c(s1)CCCC2. The van der Waals surface area contributed by atoms with Crippen molar-refractivity contribution in [1.29, 1.82) is 0 Å². The maximum atomic E-state index is 9.55. The first-order valence-electron chi connectivity index (χ1n) is 7.65. The molecule has 0 amide bonds. The zero-order valence-corrected chi connectivity index (χ0v) is 12.5. The summed E-state index contributed by atoms with van der Waals surface area (Å²) in [7, 11) is 0. The predicted molar refractivity (Wildman–Crippen MR) is 78.6 cm³/mol. The molecule has 106 valence electrons. The zero-order chi connectivity index (χ0) is 13.2. The molecule has 3 nitrogen and oxygen atoms in total. The second-order valence-electron chi connectivity index (χ2n) is 6.02. The fourth-order valence-electron chi connectivity index (χ4n) is 3.22. The van der Waals surface area contributed by atoms with Gasteiger partial charge in [-0.25, -0.2) is 4.98 Å². The van der Waals surface area contributed by atoms with Crippen LogP contribution in [-0.4, -0.2) is 22.2 Å². The number of aryl methyl sites for hydroxylation is 2. The molecule has 1 aromatic rings. The Balaban J connectivity index is 1.60. The summed E-state index contributed by atoms with van der Waals surface area (Å²) in [4.78, 5) is 6.36. The van der Waals surface area contributed by atoms with Gasteiger partial charge < -0.3 is 10.4 Å². The Bertz CT molecular complexity index is 400. The molecule has 2 aliphatic carbocycles. The highest BCUT2D eigenvalue weighted by Gasteiger charge is 2.23. The summed E-state index contributed by atoms with van der Waals surface area (Å²) in [6, 6.07) is 0.912. The first-order chi connectivity index (χ1) is 9.22. The number of rotatable bonds is 3. The molecule has 1 atom stereocenters. The van der Waals surface area contributed by atoms with Gasteiger partial charge in [-0.1, -0.05) is 0 Å². The van der Waals surface area contributed by atoms with Crippen molar-refractivity contribution in [1.82, 2.24) is 10.3 Å². The molecule has 1 aromatic heterocycles. The predicted octanol–water partition coefficient (Wildman–Crippen LogP) is 2.98. The van der Waals surface area contributed by atoms with E-state index in [4.69, 9.17) is 4.98 Å². The van der Waals surface area contributed by atoms with Crippen molar-refractivity contribution in [2.24, 2.45) is 0 Å². The molecule has 2 aliphatic rings. The number of hydrogen-bond acceptors (Lipinski definition) is 4. The van der Waals surface area contributed by atoms with Crippen molar-refractivity contribution < 1.29 is 5.11 Å². The number of fused-ring (bicyclic) bond motifs is 1. The lowest BCUT2D eigenvalue weighted by atomic mass is 9.93. The Morgan fingerprint density at radius 1 is 1.21 bits per heavy atom. The zero-order valence-electron chi connectivity index (χ0n) is 11.7. The van der Waals surface area contributed by atoms with Gasteiger partial charge in [0.25, 0.3) is 0 Å². The van der Waals surface area contributed by atoms with E-state index < -0.39 is 0 Å². The molecule has 0 bridgehead atoms. The normalized spacial score (nSPS) is 28.9. The standard InChI is InChI=1S/C15H24N2OS/c1-10(16-11-6-8-12(18)9-7-11)15-17-13-4-2-3-5-14(13)19-15/h10-12,16,18H,2-9H2,1H3. The van der Waals surface area contributed by atoms with E-state index >= 15 is 0 Å². The van der Waals surface area contributed by atoms with Crippen molar-refractivity contribution in [3.8, 4) is 0 Å². The molecule has 3 rings (SSSR count). The van der Waals surface area contributed by atoms with Gasteiger partial charge >= 0.3 is 0 Å². The third kappa shape index (κ3) is 3.18. The molecular formula is C15H24N2OS. The van der Waals surface area contributed by atoms with E-state index in [0.717, 1.165) is 25.7 Å². The van der Waals surface area contributed by atoms with E-state index in [1.807, 2.05) is 11.3 Å². The summed E-state index contributed by atoms with van der Waals surface area (Å²) in [6.45, 7) is 2.23. The number of aliphatic hydroxyl groups excluding tert-OH is 1. The van der Waals surface area contributed by atoms with Gasteiger partial charge in [-0.15, -0.1) is 11.3 Å². The van der Waals surface area contributed by atoms with Crippen LogP contribution in [0, 0.1) is 0 Å². The average molecular weight is 280 g/mol. The van der Waals surface area contributed by atoms with Crippen molar-refractivity contribution >= 4 is 11.3 Å². The Kier molecular flexibility index (Phi) is 4.20. The number of hydrogen-bond donors (Lipinski definition) is 2. The Morgan fingerprint density at radius 3 is 2.68 bits per heavy atom. The number of aliphatic hydroxyl groups is 1. The molecule has 0 saturated heterocycles. The number of aromatic nitrogens is 1. The van der Waals surface area contributed by atoms with Gasteiger partial charge in [0.2, 0.25) is 0 Å². The summed E-state index contributed by atoms with van der Waals surface area (Å²) in [6.07, 6.45) is 9.05. The molecule has 1 unspecified atom stereocenters. The van der Waals surface area contributed by atoms with Crippen LogP contribution in [0.2, 0.25) is 0 Å². The monoisotopic (exact) mass is 280 g/mol. The van der Waals surface area contributed by atoms with Gasteiger partial charge in [-0.2, -0.15) is 0 Å². The second kappa shape index (κ2) is 5.90. The highest BCUT2D eigenvalue weighted by molar-refractivity contribution is 7.11. The van der Waals surface area contributed by atoms with Crippen LogP contribution >= 0.6 is 11.3 Å². The molecule has 0 aromatic carbocycles. The second-order valence-corrected chi connectivity index (χ2v) is 7.14. The highest BCUT2D eigenvalue weighted by Crippen LogP contribution is 2.30. The molecule has 0 radical (unpaired) electrons. The Labute approximate surface area is 119 Å². The molecule has 1 heterocycles. The summed E-state index contributed by atoms with van der Waals surface area (Å²) in [5.74, 6) is 0. The first kappa shape index (κ1) is 13.5. The topological polar surface area (TPSA) is 45.1 Å². The quantitative estimate of drug-likeness (QED) is 0.894. The Hall–Kier alpha value is -0.450. The smallest absolute Gasteiger partial charge is 0.110 e. The lowest BCUT2D eigenvalue weighted by Gasteiger charge is -2.28. The maximum absolute atomic E-state index is 9.55. The number of nitrogens with one attached hydrogen (secondary N) is 1. The van der Waals surface area contributed by atoms with E-state index in [2.05, 4.69) is 12.2 Å². The van der Waals surface area contributed by atoms with Gasteiger partial charge in [0.05, 0.1) is 17.8 Å². The van der Waals surface area contributed by atoms with Gasteiger partial charge in [0.1, 0.15) is 5.01 Å². The maximum Gasteiger partial charge on any atom is 0.110 e. The van der Waals surface area contributed by atoms with Crippen LogP contribution in [0.15, 0.2) is 0 Å². The fraction of sp³-hybridized carbons (Fsp3) is 0.800. The lowest BCUT2D eigenvalue weighted by molar-refractivity contribution is 0.114. The average Bonchev–Trinajstić information content (AvgIpc) is 2.85. The minimum absolute atomic E-state index is 0.0690. The van der Waals surface area contributed by atoms with Crippen LogP contribution in [-0.2, 0) is 12.8 Å². The van der Waals surface area contributed by atoms with Crippen LogP contribution < -0.4 is 5.32 Å². The van der Waals surface area contributed by atoms with E-state index in [9.17, 15) is 5.11 Å². The van der Waals surface area contributed by atoms with E-state index in [0.29, 0.717) is 12.1 Å². The van der Waals surface area contributed by atoms with Gasteiger partial charge in [-0.05, 0) is 58.3 Å². The number of nitrogens with zero attached hydrogens (tertiary/aromatic N) is 1. The van der Waals surface area contributed by atoms with Crippen LogP contribution in [0.1, 0.15) is 67.1 Å². The lowest BCUT2D eigenvalue weighted by Crippen LogP contribution is -2.36. The third-order valence-corrected chi connectivity index (χ3v) is 5.76. The van der Waals surface area contributed by atoms with E-state index in [1.165, 1.54) is 41.3 Å². The molecule has 0 spiro atoms. The molecule has 0 aliphatic heterocycles. The van der Waals surface area contributed by atoms with Gasteiger partial charge in [-0.3, -0.25) is 0 Å². The largest absolute Gasteiger partial charge is 0.393 e. The Morgan fingerprint density at radius 2 is 1.95 bits per heavy atom. The van der Waals surface area contributed by atoms with Crippen LogP contribution in [0.25, 0.3) is 0 Å². The third-order valence-electron chi connectivity index (χ3n) is 4.42. The van der Waals surface area contributed by atoms with Gasteiger partial charge in [0.15, 0.2) is 0 Å². The van der Waals surface area contributed by atoms with E-state index in [1.54, 1.807) is 0 Å². The highest BCUT2D eigenvalue weighted by atomic mass is 32.1. The minimum Gasteiger partial charge on any atom is -0.393 e. The minimum atomic E-state index is -0.0690. The molecule has 1 saturated carbocycles. The summed E-state index contributed by atoms with van der Waals surface area (Å²) in [5.41, 5.74) is 1.36. The fourth-order valence-corrected chi connectivity index (χ4v) is 4.39. The molecular weight excluding hydrogens is 256 g/mol. The molecule has 19 heavy (non-hydrogen) atoms. The summed E-state index contributed by atoms with van der Waals surface area (Å²) >= 11 is 1.91. The molecule has 4 heteroatoms. The van der Waals surface area contributed by atoms with Crippen LogP contribution in [0.3, 0.4) is 0 Å². The summed E-state index contributed by atoms with van der Waals surface area (Å²) < 4.78 is 0. The molecule has 1 fully saturated rings.